The third-order valence-corrected chi connectivity index (χ3v) is 4.07. The molecule has 0 radical (unpaired) electrons. The van der Waals surface area contributed by atoms with Crippen molar-refractivity contribution >= 4 is 27.5 Å². The minimum Gasteiger partial charge on any atom is -0.496 e. The normalized spacial score (nSPS) is 11.9. The van der Waals surface area contributed by atoms with E-state index in [9.17, 15) is 13.6 Å². The van der Waals surface area contributed by atoms with Gasteiger partial charge in [-0.1, -0.05) is 6.07 Å². The zero-order valence-electron chi connectivity index (χ0n) is 13.2. The molecule has 0 aliphatic heterocycles. The van der Waals surface area contributed by atoms with E-state index < -0.39 is 17.5 Å². The first kappa shape index (κ1) is 18.4. The summed E-state index contributed by atoms with van der Waals surface area (Å²) in [6.07, 6.45) is 0. The van der Waals surface area contributed by atoms with Gasteiger partial charge in [0.15, 0.2) is 0 Å². The number of methoxy groups -OCH3 is 1. The second kappa shape index (κ2) is 8.21. The van der Waals surface area contributed by atoms with Crippen molar-refractivity contribution in [3.8, 4) is 5.75 Å². The standard InChI is InChI=1S/C17H17BrF2N2O2/c1-10(11-3-6-16(24-2)13(18)7-11)21-9-17(23)22-15-8-12(19)4-5-14(15)20/h3-8,10,21H,9H2,1-2H3,(H,22,23)/t10-/m0/s1. The van der Waals surface area contributed by atoms with Crippen molar-refractivity contribution < 1.29 is 18.3 Å². The zero-order valence-corrected chi connectivity index (χ0v) is 14.8. The van der Waals surface area contributed by atoms with E-state index in [0.29, 0.717) is 5.75 Å². The smallest absolute Gasteiger partial charge is 0.238 e. The number of carbonyl (C=O) groups is 1. The van der Waals surface area contributed by atoms with Crippen molar-refractivity contribution in [2.75, 3.05) is 19.0 Å². The third-order valence-electron chi connectivity index (χ3n) is 3.45. The highest BCUT2D eigenvalue weighted by atomic mass is 79.9. The fourth-order valence-electron chi connectivity index (χ4n) is 2.10. The predicted molar refractivity (Wildman–Crippen MR) is 92.1 cm³/mol. The maximum absolute atomic E-state index is 13.5. The van der Waals surface area contributed by atoms with E-state index in [2.05, 4.69) is 26.6 Å². The third kappa shape index (κ3) is 4.75. The van der Waals surface area contributed by atoms with Crippen molar-refractivity contribution in [3.05, 3.63) is 58.1 Å². The summed E-state index contributed by atoms with van der Waals surface area (Å²) >= 11 is 3.41. The molecule has 0 unspecified atom stereocenters. The van der Waals surface area contributed by atoms with Crippen molar-refractivity contribution in [2.45, 2.75) is 13.0 Å². The molecule has 2 rings (SSSR count). The highest BCUT2D eigenvalue weighted by Crippen LogP contribution is 2.27. The summed E-state index contributed by atoms with van der Waals surface area (Å²) in [6.45, 7) is 1.85. The number of ether oxygens (including phenoxy) is 1. The van der Waals surface area contributed by atoms with Crippen LogP contribution in [0.25, 0.3) is 0 Å². The van der Waals surface area contributed by atoms with Gasteiger partial charge < -0.3 is 15.4 Å². The van der Waals surface area contributed by atoms with Crippen LogP contribution in [0.15, 0.2) is 40.9 Å². The van der Waals surface area contributed by atoms with E-state index >= 15 is 0 Å². The van der Waals surface area contributed by atoms with Gasteiger partial charge in [0.1, 0.15) is 17.4 Å². The molecule has 2 aromatic rings. The molecular formula is C17H17BrF2N2O2. The van der Waals surface area contributed by atoms with Gasteiger partial charge in [-0.3, -0.25) is 4.79 Å². The lowest BCUT2D eigenvalue weighted by molar-refractivity contribution is -0.115. The molecule has 0 aromatic heterocycles. The van der Waals surface area contributed by atoms with Crippen molar-refractivity contribution in [1.82, 2.24) is 5.32 Å². The van der Waals surface area contributed by atoms with Crippen LogP contribution in [0.1, 0.15) is 18.5 Å². The molecule has 4 nitrogen and oxygen atoms in total. The van der Waals surface area contributed by atoms with Gasteiger partial charge in [0.2, 0.25) is 5.91 Å². The Hall–Kier alpha value is -1.99. The van der Waals surface area contributed by atoms with Crippen LogP contribution < -0.4 is 15.4 Å². The van der Waals surface area contributed by atoms with E-state index in [1.807, 2.05) is 25.1 Å². The molecule has 0 saturated heterocycles. The van der Waals surface area contributed by atoms with Gasteiger partial charge in [0.25, 0.3) is 0 Å². The number of amides is 1. The van der Waals surface area contributed by atoms with E-state index in [0.717, 1.165) is 28.2 Å². The lowest BCUT2D eigenvalue weighted by atomic mass is 10.1. The summed E-state index contributed by atoms with van der Waals surface area (Å²) < 4.78 is 32.6. The Bertz CT molecular complexity index is 741. The number of hydrogen-bond donors (Lipinski definition) is 2. The van der Waals surface area contributed by atoms with Crippen LogP contribution in [0.3, 0.4) is 0 Å². The summed E-state index contributed by atoms with van der Waals surface area (Å²) in [5.41, 5.74) is 0.772. The van der Waals surface area contributed by atoms with Crippen LogP contribution in [0, 0.1) is 11.6 Å². The molecule has 0 bridgehead atoms. The molecule has 1 atom stereocenters. The fraction of sp³-hybridized carbons (Fsp3) is 0.235. The summed E-state index contributed by atoms with van der Waals surface area (Å²) in [5.74, 6) is -1.04. The van der Waals surface area contributed by atoms with Gasteiger partial charge in [0.05, 0.1) is 23.8 Å². The molecule has 0 fully saturated rings. The molecule has 2 N–H and O–H groups in total. The molecular weight excluding hydrogens is 382 g/mol. The fourth-order valence-corrected chi connectivity index (χ4v) is 2.66. The van der Waals surface area contributed by atoms with Crippen molar-refractivity contribution in [1.29, 1.82) is 0 Å². The predicted octanol–water partition coefficient (Wildman–Crippen LogP) is 4.03. The van der Waals surface area contributed by atoms with Gasteiger partial charge in [-0.2, -0.15) is 0 Å². The number of benzene rings is 2. The zero-order chi connectivity index (χ0) is 17.7. The molecule has 2 aromatic carbocycles. The topological polar surface area (TPSA) is 50.4 Å². The summed E-state index contributed by atoms with van der Waals surface area (Å²) in [5, 5.41) is 5.37. The molecule has 1 amide bonds. The Morgan fingerprint density at radius 1 is 1.25 bits per heavy atom. The Balaban J connectivity index is 1.93. The van der Waals surface area contributed by atoms with Crippen LogP contribution >= 0.6 is 15.9 Å². The van der Waals surface area contributed by atoms with E-state index in [-0.39, 0.29) is 18.3 Å². The number of hydrogen-bond acceptors (Lipinski definition) is 3. The summed E-state index contributed by atoms with van der Waals surface area (Å²) in [4.78, 5) is 11.9. The molecule has 0 aliphatic carbocycles. The monoisotopic (exact) mass is 398 g/mol. The van der Waals surface area contributed by atoms with Gasteiger partial charge in [-0.15, -0.1) is 0 Å². The van der Waals surface area contributed by atoms with Crippen molar-refractivity contribution in [3.63, 3.8) is 0 Å². The van der Waals surface area contributed by atoms with Gasteiger partial charge >= 0.3 is 0 Å². The number of halogens is 3. The number of carbonyl (C=O) groups excluding carboxylic acids is 1. The molecule has 0 heterocycles. The van der Waals surface area contributed by atoms with E-state index in [1.165, 1.54) is 0 Å². The lowest BCUT2D eigenvalue weighted by Crippen LogP contribution is -2.30. The highest BCUT2D eigenvalue weighted by Gasteiger charge is 2.12. The van der Waals surface area contributed by atoms with Crippen LogP contribution in [-0.2, 0) is 4.79 Å². The van der Waals surface area contributed by atoms with Crippen LogP contribution in [0.2, 0.25) is 0 Å². The average molecular weight is 399 g/mol. The highest BCUT2D eigenvalue weighted by molar-refractivity contribution is 9.10. The maximum Gasteiger partial charge on any atom is 0.238 e. The average Bonchev–Trinajstić information content (AvgIpc) is 2.56. The van der Waals surface area contributed by atoms with Crippen LogP contribution in [0.5, 0.6) is 5.75 Å². The molecule has 0 spiro atoms. The van der Waals surface area contributed by atoms with Gasteiger partial charge in [0, 0.05) is 12.1 Å². The summed E-state index contributed by atoms with van der Waals surface area (Å²) in [6, 6.07) is 8.38. The number of anilines is 1. The minimum atomic E-state index is -0.683. The largest absolute Gasteiger partial charge is 0.496 e. The SMILES string of the molecule is COc1ccc([C@H](C)NCC(=O)Nc2cc(F)ccc2F)cc1Br. The minimum absolute atomic E-state index is 0.0409. The van der Waals surface area contributed by atoms with E-state index in [4.69, 9.17) is 4.74 Å². The Morgan fingerprint density at radius 2 is 2.00 bits per heavy atom. The van der Waals surface area contributed by atoms with Crippen LogP contribution in [-0.4, -0.2) is 19.6 Å². The Morgan fingerprint density at radius 3 is 2.67 bits per heavy atom. The van der Waals surface area contributed by atoms with E-state index in [1.54, 1.807) is 7.11 Å². The molecule has 24 heavy (non-hydrogen) atoms. The van der Waals surface area contributed by atoms with Gasteiger partial charge in [-0.05, 0) is 52.7 Å². The first-order valence-corrected chi connectivity index (χ1v) is 8.01. The molecule has 0 saturated carbocycles. The first-order chi connectivity index (χ1) is 11.4. The number of rotatable bonds is 6. The van der Waals surface area contributed by atoms with Gasteiger partial charge in [-0.25, -0.2) is 8.78 Å². The molecule has 7 heteroatoms. The Kier molecular flexibility index (Phi) is 6.28. The second-order valence-corrected chi connectivity index (χ2v) is 6.02. The Labute approximate surface area is 147 Å². The second-order valence-electron chi connectivity index (χ2n) is 5.17. The number of nitrogens with one attached hydrogen (secondary N) is 2. The molecule has 128 valence electrons. The lowest BCUT2D eigenvalue weighted by Gasteiger charge is -2.15. The molecule has 0 aliphatic rings. The first-order valence-electron chi connectivity index (χ1n) is 7.22. The van der Waals surface area contributed by atoms with Crippen LogP contribution in [0.4, 0.5) is 14.5 Å². The maximum atomic E-state index is 13.5. The van der Waals surface area contributed by atoms with Crippen molar-refractivity contribution in [2.24, 2.45) is 0 Å². The quantitative estimate of drug-likeness (QED) is 0.772. The summed E-state index contributed by atoms with van der Waals surface area (Å²) in [7, 11) is 1.58.